The maximum absolute atomic E-state index is 12.8. The van der Waals surface area contributed by atoms with Crippen molar-refractivity contribution in [2.45, 2.75) is 20.8 Å². The number of rotatable bonds is 4. The smallest absolute Gasteiger partial charge is 0.247 e. The molecule has 5 nitrogen and oxygen atoms in total. The average molecular weight is 286 g/mol. The Morgan fingerprint density at radius 1 is 1.05 bits per heavy atom. The van der Waals surface area contributed by atoms with E-state index in [9.17, 15) is 4.79 Å². The van der Waals surface area contributed by atoms with E-state index in [1.165, 1.54) is 20.4 Å². The summed E-state index contributed by atoms with van der Waals surface area (Å²) in [5.74, 6) is 0.275. The molecule has 0 N–H and O–H groups in total. The molecule has 0 aliphatic rings. The highest BCUT2D eigenvalue weighted by Crippen LogP contribution is 2.24. The van der Waals surface area contributed by atoms with Crippen LogP contribution in [0.1, 0.15) is 32.7 Å². The number of benzene rings is 1. The summed E-state index contributed by atoms with van der Waals surface area (Å²) in [4.78, 5) is 21.0. The number of hydrogen-bond acceptors (Lipinski definition) is 5. The highest BCUT2D eigenvalue weighted by molar-refractivity contribution is 6.10. The van der Waals surface area contributed by atoms with Gasteiger partial charge < -0.3 is 9.47 Å². The summed E-state index contributed by atoms with van der Waals surface area (Å²) in [6.07, 6.45) is 1.41. The molecule has 21 heavy (non-hydrogen) atoms. The SMILES string of the molecule is COc1cnc(C(=O)c2c(C)cc(C)cc2C)c(OC)n1. The first kappa shape index (κ1) is 15.0. The topological polar surface area (TPSA) is 61.3 Å². The predicted molar refractivity (Wildman–Crippen MR) is 79.2 cm³/mol. The van der Waals surface area contributed by atoms with Gasteiger partial charge in [-0.15, -0.1) is 0 Å². The van der Waals surface area contributed by atoms with Crippen molar-refractivity contribution < 1.29 is 14.3 Å². The summed E-state index contributed by atoms with van der Waals surface area (Å²) in [5.41, 5.74) is 3.77. The van der Waals surface area contributed by atoms with Gasteiger partial charge in [0, 0.05) is 5.56 Å². The number of ether oxygens (including phenoxy) is 2. The molecule has 0 atom stereocenters. The summed E-state index contributed by atoms with van der Waals surface area (Å²) in [7, 11) is 2.94. The maximum atomic E-state index is 12.8. The number of carbonyl (C=O) groups excluding carboxylic acids is 1. The molecule has 1 heterocycles. The number of ketones is 1. The van der Waals surface area contributed by atoms with Crippen LogP contribution in [0, 0.1) is 20.8 Å². The Morgan fingerprint density at radius 2 is 1.67 bits per heavy atom. The average Bonchev–Trinajstić information content (AvgIpc) is 2.45. The Kier molecular flexibility index (Phi) is 4.21. The van der Waals surface area contributed by atoms with Gasteiger partial charge in [-0.05, 0) is 31.9 Å². The van der Waals surface area contributed by atoms with Gasteiger partial charge in [0.15, 0.2) is 5.69 Å². The number of nitrogens with zero attached hydrogens (tertiary/aromatic N) is 2. The van der Waals surface area contributed by atoms with Crippen LogP contribution in [0.5, 0.6) is 11.8 Å². The van der Waals surface area contributed by atoms with Gasteiger partial charge in [-0.2, -0.15) is 4.98 Å². The Bertz CT molecular complexity index is 673. The fraction of sp³-hybridized carbons (Fsp3) is 0.312. The summed E-state index contributed by atoms with van der Waals surface area (Å²) >= 11 is 0. The largest absolute Gasteiger partial charge is 0.480 e. The molecule has 110 valence electrons. The number of aromatic nitrogens is 2. The Balaban J connectivity index is 2.55. The van der Waals surface area contributed by atoms with Crippen LogP contribution in [0.2, 0.25) is 0 Å². The fourth-order valence-electron chi connectivity index (χ4n) is 2.41. The molecule has 0 aliphatic carbocycles. The molecular formula is C16H18N2O3. The van der Waals surface area contributed by atoms with Crippen molar-refractivity contribution in [1.82, 2.24) is 9.97 Å². The first-order valence-corrected chi connectivity index (χ1v) is 6.55. The lowest BCUT2D eigenvalue weighted by molar-refractivity contribution is 0.102. The summed E-state index contributed by atoms with van der Waals surface area (Å²) in [6, 6.07) is 3.95. The zero-order chi connectivity index (χ0) is 15.6. The van der Waals surface area contributed by atoms with Crippen LogP contribution < -0.4 is 9.47 Å². The third kappa shape index (κ3) is 2.86. The van der Waals surface area contributed by atoms with E-state index < -0.39 is 0 Å². The summed E-state index contributed by atoms with van der Waals surface area (Å²) in [5, 5.41) is 0. The minimum atomic E-state index is -0.197. The summed E-state index contributed by atoms with van der Waals surface area (Å²) < 4.78 is 10.2. The fourth-order valence-corrected chi connectivity index (χ4v) is 2.41. The number of methoxy groups -OCH3 is 2. The van der Waals surface area contributed by atoms with Crippen LogP contribution in [-0.2, 0) is 0 Å². The molecule has 0 radical (unpaired) electrons. The van der Waals surface area contributed by atoms with Gasteiger partial charge in [-0.1, -0.05) is 17.7 Å². The van der Waals surface area contributed by atoms with Crippen molar-refractivity contribution >= 4 is 5.78 Å². The van der Waals surface area contributed by atoms with Crippen molar-refractivity contribution in [3.63, 3.8) is 0 Å². The molecular weight excluding hydrogens is 268 g/mol. The molecule has 0 amide bonds. The second-order valence-electron chi connectivity index (χ2n) is 4.87. The van der Waals surface area contributed by atoms with Crippen LogP contribution >= 0.6 is 0 Å². The molecule has 0 unspecified atom stereocenters. The molecule has 0 saturated heterocycles. The molecule has 0 bridgehead atoms. The Labute approximate surface area is 124 Å². The lowest BCUT2D eigenvalue weighted by Crippen LogP contribution is -2.12. The molecule has 0 aliphatic heterocycles. The first-order valence-electron chi connectivity index (χ1n) is 6.55. The quantitative estimate of drug-likeness (QED) is 0.809. The van der Waals surface area contributed by atoms with Crippen molar-refractivity contribution in [1.29, 1.82) is 0 Å². The highest BCUT2D eigenvalue weighted by Gasteiger charge is 2.21. The van der Waals surface area contributed by atoms with Gasteiger partial charge in [-0.25, -0.2) is 4.98 Å². The monoisotopic (exact) mass is 286 g/mol. The second-order valence-corrected chi connectivity index (χ2v) is 4.87. The molecule has 1 aromatic heterocycles. The zero-order valence-corrected chi connectivity index (χ0v) is 12.9. The van der Waals surface area contributed by atoms with E-state index in [0.717, 1.165) is 16.7 Å². The molecule has 0 spiro atoms. The van der Waals surface area contributed by atoms with Gasteiger partial charge in [0.1, 0.15) is 0 Å². The van der Waals surface area contributed by atoms with Gasteiger partial charge in [0.2, 0.25) is 17.5 Å². The molecule has 0 fully saturated rings. The molecule has 5 heteroatoms. The van der Waals surface area contributed by atoms with Gasteiger partial charge in [0.05, 0.1) is 20.4 Å². The normalized spacial score (nSPS) is 10.3. The van der Waals surface area contributed by atoms with Crippen LogP contribution in [0.3, 0.4) is 0 Å². The molecule has 2 aromatic rings. The Hall–Kier alpha value is -2.43. The van der Waals surface area contributed by atoms with Crippen molar-refractivity contribution in [3.05, 3.63) is 46.3 Å². The van der Waals surface area contributed by atoms with Gasteiger partial charge in [0.25, 0.3) is 0 Å². The number of hydrogen-bond donors (Lipinski definition) is 0. The predicted octanol–water partition coefficient (Wildman–Crippen LogP) is 2.65. The van der Waals surface area contributed by atoms with E-state index >= 15 is 0 Å². The van der Waals surface area contributed by atoms with E-state index in [2.05, 4.69) is 9.97 Å². The zero-order valence-electron chi connectivity index (χ0n) is 12.9. The molecule has 1 aromatic carbocycles. The van der Waals surface area contributed by atoms with E-state index in [1.807, 2.05) is 32.9 Å². The second kappa shape index (κ2) is 5.91. The van der Waals surface area contributed by atoms with E-state index in [0.29, 0.717) is 11.4 Å². The third-order valence-electron chi connectivity index (χ3n) is 3.24. The van der Waals surface area contributed by atoms with Crippen LogP contribution in [-0.4, -0.2) is 30.0 Å². The van der Waals surface area contributed by atoms with Crippen LogP contribution in [0.15, 0.2) is 18.3 Å². The standard InChI is InChI=1S/C16H18N2O3/c1-9-6-10(2)13(11(3)7-9)15(19)14-16(21-5)18-12(20-4)8-17-14/h6-8H,1-5H3. The van der Waals surface area contributed by atoms with Crippen molar-refractivity contribution in [2.75, 3.05) is 14.2 Å². The van der Waals surface area contributed by atoms with E-state index in [4.69, 9.17) is 9.47 Å². The Morgan fingerprint density at radius 3 is 2.19 bits per heavy atom. The highest BCUT2D eigenvalue weighted by atomic mass is 16.5. The van der Waals surface area contributed by atoms with Crippen molar-refractivity contribution in [3.8, 4) is 11.8 Å². The van der Waals surface area contributed by atoms with E-state index in [1.54, 1.807) is 0 Å². The number of carbonyl (C=O) groups is 1. The lowest BCUT2D eigenvalue weighted by Gasteiger charge is -2.12. The first-order chi connectivity index (χ1) is 9.97. The minimum absolute atomic E-state index is 0.165. The van der Waals surface area contributed by atoms with E-state index in [-0.39, 0.29) is 17.4 Å². The van der Waals surface area contributed by atoms with Crippen LogP contribution in [0.4, 0.5) is 0 Å². The van der Waals surface area contributed by atoms with Crippen LogP contribution in [0.25, 0.3) is 0 Å². The number of aryl methyl sites for hydroxylation is 3. The maximum Gasteiger partial charge on any atom is 0.247 e. The molecule has 2 rings (SSSR count). The molecule has 0 saturated carbocycles. The van der Waals surface area contributed by atoms with Gasteiger partial charge in [-0.3, -0.25) is 4.79 Å². The third-order valence-corrected chi connectivity index (χ3v) is 3.24. The lowest BCUT2D eigenvalue weighted by atomic mass is 9.95. The summed E-state index contributed by atoms with van der Waals surface area (Å²) in [6.45, 7) is 5.83. The van der Waals surface area contributed by atoms with Gasteiger partial charge >= 0.3 is 0 Å². The van der Waals surface area contributed by atoms with Crippen molar-refractivity contribution in [2.24, 2.45) is 0 Å². The minimum Gasteiger partial charge on any atom is -0.480 e.